The van der Waals surface area contributed by atoms with Crippen LogP contribution in [0.15, 0.2) is 73.1 Å². The van der Waals surface area contributed by atoms with E-state index in [-0.39, 0.29) is 18.2 Å². The quantitative estimate of drug-likeness (QED) is 0.657. The standard InChI is InChI=1S/C22H24N4O2/c1-25(21(27)12-13-23-22(28)20-10-6-3-7-11-20)15-19-14-24-26(17-19)16-18-8-4-2-5-9-18/h2-11,14,17H,12-13,15-16H2,1H3,(H,23,28). The van der Waals surface area contributed by atoms with Gasteiger partial charge in [-0.15, -0.1) is 0 Å². The minimum atomic E-state index is -0.168. The van der Waals surface area contributed by atoms with Gasteiger partial charge < -0.3 is 10.2 Å². The summed E-state index contributed by atoms with van der Waals surface area (Å²) in [7, 11) is 1.76. The van der Waals surface area contributed by atoms with Gasteiger partial charge in [0.1, 0.15) is 0 Å². The van der Waals surface area contributed by atoms with E-state index in [1.807, 2.05) is 47.3 Å². The Balaban J connectivity index is 1.43. The number of rotatable bonds is 8. The minimum Gasteiger partial charge on any atom is -0.352 e. The van der Waals surface area contributed by atoms with E-state index in [4.69, 9.17) is 0 Å². The molecule has 1 aromatic heterocycles. The Morgan fingerprint density at radius 3 is 2.39 bits per heavy atom. The smallest absolute Gasteiger partial charge is 0.251 e. The van der Waals surface area contributed by atoms with Crippen LogP contribution in [0.4, 0.5) is 0 Å². The predicted octanol–water partition coefficient (Wildman–Crippen LogP) is 2.71. The molecule has 0 fully saturated rings. The zero-order valence-electron chi connectivity index (χ0n) is 15.9. The highest BCUT2D eigenvalue weighted by Gasteiger charge is 2.12. The number of carbonyl (C=O) groups excluding carboxylic acids is 2. The number of nitrogens with one attached hydrogen (secondary N) is 1. The van der Waals surface area contributed by atoms with Crippen molar-refractivity contribution in [1.29, 1.82) is 0 Å². The Bertz CT molecular complexity index is 907. The Morgan fingerprint density at radius 2 is 1.68 bits per heavy atom. The summed E-state index contributed by atoms with van der Waals surface area (Å²) in [6.07, 6.45) is 3.99. The Kier molecular flexibility index (Phi) is 6.57. The maximum atomic E-state index is 12.3. The summed E-state index contributed by atoms with van der Waals surface area (Å²) in [6.45, 7) is 1.49. The van der Waals surface area contributed by atoms with Gasteiger partial charge in [0, 0.05) is 43.9 Å². The lowest BCUT2D eigenvalue weighted by Gasteiger charge is -2.16. The third-order valence-corrected chi connectivity index (χ3v) is 4.38. The topological polar surface area (TPSA) is 67.2 Å². The van der Waals surface area contributed by atoms with Gasteiger partial charge in [-0.2, -0.15) is 5.10 Å². The van der Waals surface area contributed by atoms with Crippen LogP contribution in [0.25, 0.3) is 0 Å². The Hall–Kier alpha value is -3.41. The van der Waals surface area contributed by atoms with Gasteiger partial charge in [-0.25, -0.2) is 0 Å². The molecule has 0 spiro atoms. The molecule has 0 radical (unpaired) electrons. The first-order valence-corrected chi connectivity index (χ1v) is 9.24. The van der Waals surface area contributed by atoms with Crippen molar-refractivity contribution in [2.24, 2.45) is 0 Å². The van der Waals surface area contributed by atoms with E-state index >= 15 is 0 Å². The fourth-order valence-corrected chi connectivity index (χ4v) is 2.87. The Labute approximate surface area is 164 Å². The highest BCUT2D eigenvalue weighted by molar-refractivity contribution is 5.94. The second kappa shape index (κ2) is 9.50. The van der Waals surface area contributed by atoms with Crippen molar-refractivity contribution >= 4 is 11.8 Å². The number of benzene rings is 2. The molecular weight excluding hydrogens is 352 g/mol. The molecule has 2 aromatic carbocycles. The van der Waals surface area contributed by atoms with Crippen LogP contribution in [0.1, 0.15) is 27.9 Å². The highest BCUT2D eigenvalue weighted by atomic mass is 16.2. The normalized spacial score (nSPS) is 10.5. The maximum absolute atomic E-state index is 12.3. The lowest BCUT2D eigenvalue weighted by Crippen LogP contribution is -2.31. The molecule has 0 aliphatic rings. The van der Waals surface area contributed by atoms with Crippen molar-refractivity contribution in [1.82, 2.24) is 20.0 Å². The van der Waals surface area contributed by atoms with E-state index in [9.17, 15) is 9.59 Å². The third-order valence-electron chi connectivity index (χ3n) is 4.38. The monoisotopic (exact) mass is 376 g/mol. The van der Waals surface area contributed by atoms with Gasteiger partial charge in [0.05, 0.1) is 12.7 Å². The van der Waals surface area contributed by atoms with Crippen molar-refractivity contribution in [2.45, 2.75) is 19.5 Å². The third kappa shape index (κ3) is 5.54. The van der Waals surface area contributed by atoms with Crippen molar-refractivity contribution in [3.05, 3.63) is 89.7 Å². The summed E-state index contributed by atoms with van der Waals surface area (Å²) in [5.41, 5.74) is 2.74. The van der Waals surface area contributed by atoms with Gasteiger partial charge >= 0.3 is 0 Å². The Morgan fingerprint density at radius 1 is 1.00 bits per heavy atom. The maximum Gasteiger partial charge on any atom is 0.251 e. The number of hydrogen-bond acceptors (Lipinski definition) is 3. The molecule has 0 bridgehead atoms. The zero-order valence-corrected chi connectivity index (χ0v) is 15.9. The van der Waals surface area contributed by atoms with Crippen LogP contribution in [-0.2, 0) is 17.9 Å². The number of aromatic nitrogens is 2. The van der Waals surface area contributed by atoms with Gasteiger partial charge in [-0.05, 0) is 17.7 Å². The fourth-order valence-electron chi connectivity index (χ4n) is 2.87. The molecule has 2 amide bonds. The van der Waals surface area contributed by atoms with Gasteiger partial charge in [0.2, 0.25) is 5.91 Å². The fraction of sp³-hybridized carbons (Fsp3) is 0.227. The van der Waals surface area contributed by atoms with Crippen LogP contribution < -0.4 is 5.32 Å². The van der Waals surface area contributed by atoms with Gasteiger partial charge in [-0.1, -0.05) is 48.5 Å². The largest absolute Gasteiger partial charge is 0.352 e. The van der Waals surface area contributed by atoms with Gasteiger partial charge in [0.25, 0.3) is 5.91 Å². The van der Waals surface area contributed by atoms with Crippen molar-refractivity contribution in [3.8, 4) is 0 Å². The summed E-state index contributed by atoms with van der Waals surface area (Å²) in [4.78, 5) is 26.0. The van der Waals surface area contributed by atoms with E-state index in [0.717, 1.165) is 5.56 Å². The highest BCUT2D eigenvalue weighted by Crippen LogP contribution is 2.07. The molecule has 1 heterocycles. The molecule has 0 aliphatic heterocycles. The molecule has 28 heavy (non-hydrogen) atoms. The SMILES string of the molecule is CN(Cc1cnn(Cc2ccccc2)c1)C(=O)CCNC(=O)c1ccccc1. The van der Waals surface area contributed by atoms with Gasteiger partial charge in [0.15, 0.2) is 0 Å². The van der Waals surface area contributed by atoms with Crippen LogP contribution in [-0.4, -0.2) is 40.1 Å². The lowest BCUT2D eigenvalue weighted by atomic mass is 10.2. The van der Waals surface area contributed by atoms with E-state index < -0.39 is 0 Å². The summed E-state index contributed by atoms with van der Waals surface area (Å²) in [5, 5.41) is 7.14. The van der Waals surface area contributed by atoms with Crippen LogP contribution in [0.2, 0.25) is 0 Å². The van der Waals surface area contributed by atoms with Crippen LogP contribution in [0.5, 0.6) is 0 Å². The molecule has 144 valence electrons. The molecular formula is C22H24N4O2. The van der Waals surface area contributed by atoms with Crippen LogP contribution in [0, 0.1) is 0 Å². The second-order valence-corrected chi connectivity index (χ2v) is 6.65. The first-order chi connectivity index (χ1) is 13.6. The molecule has 3 aromatic rings. The number of nitrogens with zero attached hydrogens (tertiary/aromatic N) is 3. The first kappa shape index (κ1) is 19.4. The van der Waals surface area contributed by atoms with Crippen LogP contribution in [0.3, 0.4) is 0 Å². The molecule has 6 heteroatoms. The van der Waals surface area contributed by atoms with E-state index in [1.165, 1.54) is 5.56 Å². The lowest BCUT2D eigenvalue weighted by molar-refractivity contribution is -0.130. The van der Waals surface area contributed by atoms with E-state index in [0.29, 0.717) is 25.2 Å². The molecule has 0 unspecified atom stereocenters. The molecule has 0 saturated carbocycles. The molecule has 0 atom stereocenters. The summed E-state index contributed by atoms with van der Waals surface area (Å²) in [5.74, 6) is -0.192. The summed E-state index contributed by atoms with van der Waals surface area (Å²) >= 11 is 0. The number of carbonyl (C=O) groups is 2. The molecule has 0 aliphatic carbocycles. The summed E-state index contributed by atoms with van der Waals surface area (Å²) in [6, 6.07) is 19.1. The predicted molar refractivity (Wildman–Crippen MR) is 108 cm³/mol. The number of hydrogen-bond donors (Lipinski definition) is 1. The van der Waals surface area contributed by atoms with Crippen molar-refractivity contribution < 1.29 is 9.59 Å². The minimum absolute atomic E-state index is 0.0239. The zero-order chi connectivity index (χ0) is 19.8. The van der Waals surface area contributed by atoms with Crippen molar-refractivity contribution in [3.63, 3.8) is 0 Å². The summed E-state index contributed by atoms with van der Waals surface area (Å²) < 4.78 is 1.86. The van der Waals surface area contributed by atoms with Crippen LogP contribution >= 0.6 is 0 Å². The van der Waals surface area contributed by atoms with E-state index in [2.05, 4.69) is 22.5 Å². The molecule has 3 rings (SSSR count). The average Bonchev–Trinajstić information content (AvgIpc) is 3.15. The second-order valence-electron chi connectivity index (χ2n) is 6.65. The average molecular weight is 376 g/mol. The van der Waals surface area contributed by atoms with Crippen molar-refractivity contribution in [2.75, 3.05) is 13.6 Å². The molecule has 6 nitrogen and oxygen atoms in total. The molecule has 1 N–H and O–H groups in total. The van der Waals surface area contributed by atoms with E-state index in [1.54, 1.807) is 30.3 Å². The number of amides is 2. The first-order valence-electron chi connectivity index (χ1n) is 9.24. The van der Waals surface area contributed by atoms with Gasteiger partial charge in [-0.3, -0.25) is 14.3 Å². The molecule has 0 saturated heterocycles.